The molecular formula is C15H20O. The fourth-order valence-corrected chi connectivity index (χ4v) is 1.49. The van der Waals surface area contributed by atoms with E-state index < -0.39 is 0 Å². The number of Topliss-reactive ketones (excluding diaryl/α,β-unsaturated/α-hetero) is 1. The summed E-state index contributed by atoms with van der Waals surface area (Å²) in [5, 5.41) is 0. The van der Waals surface area contributed by atoms with Crippen LogP contribution in [0.15, 0.2) is 36.4 Å². The van der Waals surface area contributed by atoms with Crippen molar-refractivity contribution in [2.75, 3.05) is 0 Å². The normalized spacial score (nSPS) is 10.9. The molecule has 0 spiro atoms. The van der Waals surface area contributed by atoms with E-state index >= 15 is 0 Å². The maximum atomic E-state index is 11.7. The molecule has 0 radical (unpaired) electrons. The summed E-state index contributed by atoms with van der Waals surface area (Å²) in [7, 11) is 0. The highest BCUT2D eigenvalue weighted by atomic mass is 16.1. The number of carbonyl (C=O) groups excluding carboxylic acids is 1. The van der Waals surface area contributed by atoms with Crippen LogP contribution in [0.25, 0.3) is 0 Å². The van der Waals surface area contributed by atoms with E-state index in [4.69, 9.17) is 0 Å². The molecule has 0 aliphatic rings. The number of ketones is 1. The number of unbranched alkanes of at least 4 members (excludes halogenated alkanes) is 2. The fraction of sp³-hybridized carbons (Fsp3) is 0.400. The highest BCUT2D eigenvalue weighted by Crippen LogP contribution is 2.07. The van der Waals surface area contributed by atoms with Gasteiger partial charge in [0.1, 0.15) is 0 Å². The van der Waals surface area contributed by atoms with E-state index in [2.05, 4.69) is 13.0 Å². The molecule has 0 bridgehead atoms. The summed E-state index contributed by atoms with van der Waals surface area (Å²) in [5.41, 5.74) is 2.00. The Labute approximate surface area is 98.2 Å². The van der Waals surface area contributed by atoms with Gasteiger partial charge in [0.05, 0.1) is 0 Å². The summed E-state index contributed by atoms with van der Waals surface area (Å²) >= 11 is 0. The molecule has 0 aromatic heterocycles. The Morgan fingerprint density at radius 3 is 2.50 bits per heavy atom. The summed E-state index contributed by atoms with van der Waals surface area (Å²) in [6, 6.07) is 7.76. The lowest BCUT2D eigenvalue weighted by atomic mass is 10.1. The third-order valence-corrected chi connectivity index (χ3v) is 2.57. The highest BCUT2D eigenvalue weighted by Gasteiger charge is 2.01. The highest BCUT2D eigenvalue weighted by molar-refractivity contribution is 5.96. The van der Waals surface area contributed by atoms with Crippen LogP contribution < -0.4 is 0 Å². The fourth-order valence-electron chi connectivity index (χ4n) is 1.49. The van der Waals surface area contributed by atoms with Gasteiger partial charge in [0.15, 0.2) is 5.78 Å². The number of hydrogen-bond acceptors (Lipinski definition) is 1. The predicted molar refractivity (Wildman–Crippen MR) is 68.8 cm³/mol. The number of hydrogen-bond donors (Lipinski definition) is 0. The molecule has 0 aliphatic carbocycles. The molecule has 1 heteroatoms. The van der Waals surface area contributed by atoms with E-state index in [-0.39, 0.29) is 5.78 Å². The first-order valence-electron chi connectivity index (χ1n) is 5.99. The number of benzene rings is 1. The minimum Gasteiger partial charge on any atom is -0.294 e. The molecule has 86 valence electrons. The monoisotopic (exact) mass is 216 g/mol. The van der Waals surface area contributed by atoms with Crippen molar-refractivity contribution in [3.05, 3.63) is 47.5 Å². The average molecular weight is 216 g/mol. The van der Waals surface area contributed by atoms with Gasteiger partial charge in [0, 0.05) is 12.0 Å². The van der Waals surface area contributed by atoms with Gasteiger partial charge >= 0.3 is 0 Å². The molecule has 0 aliphatic heterocycles. The van der Waals surface area contributed by atoms with Crippen molar-refractivity contribution in [2.24, 2.45) is 0 Å². The van der Waals surface area contributed by atoms with E-state index in [9.17, 15) is 4.79 Å². The molecule has 0 saturated carbocycles. The third kappa shape index (κ3) is 4.43. The Kier molecular flexibility index (Phi) is 5.55. The Hall–Kier alpha value is -1.37. The van der Waals surface area contributed by atoms with Gasteiger partial charge in [-0.2, -0.15) is 0 Å². The van der Waals surface area contributed by atoms with Gasteiger partial charge in [-0.25, -0.2) is 0 Å². The summed E-state index contributed by atoms with van der Waals surface area (Å²) in [6.45, 7) is 4.20. The zero-order valence-electron chi connectivity index (χ0n) is 10.2. The molecule has 0 fully saturated rings. The molecule has 0 N–H and O–H groups in total. The van der Waals surface area contributed by atoms with Gasteiger partial charge in [-0.05, 0) is 13.3 Å². The number of rotatable bonds is 6. The summed E-state index contributed by atoms with van der Waals surface area (Å²) < 4.78 is 0. The van der Waals surface area contributed by atoms with E-state index in [1.807, 2.05) is 37.3 Å². The Balaban J connectivity index is 2.40. The predicted octanol–water partition coefficient (Wildman–Crippen LogP) is 4.31. The standard InChI is InChI=1S/C15H20O/c1-3-4-5-6-7-8-15(16)14-11-9-13(2)10-12-14/h6-7,9-12H,3-5,8H2,1-2H3/b7-6-. The maximum Gasteiger partial charge on any atom is 0.166 e. The molecule has 0 saturated heterocycles. The third-order valence-electron chi connectivity index (χ3n) is 2.57. The lowest BCUT2D eigenvalue weighted by Gasteiger charge is -1.98. The SMILES string of the molecule is CCCC/C=C\CC(=O)c1ccc(C)cc1. The van der Waals surface area contributed by atoms with Crippen LogP contribution in [-0.4, -0.2) is 5.78 Å². The van der Waals surface area contributed by atoms with Crippen molar-refractivity contribution in [1.29, 1.82) is 0 Å². The minimum absolute atomic E-state index is 0.202. The molecule has 1 rings (SSSR count). The quantitative estimate of drug-likeness (QED) is 0.393. The lowest BCUT2D eigenvalue weighted by molar-refractivity contribution is 0.0996. The van der Waals surface area contributed by atoms with Crippen LogP contribution in [0.5, 0.6) is 0 Å². The van der Waals surface area contributed by atoms with Crippen molar-refractivity contribution in [1.82, 2.24) is 0 Å². The molecule has 0 amide bonds. The molecule has 0 unspecified atom stereocenters. The second-order valence-corrected chi connectivity index (χ2v) is 4.11. The summed E-state index contributed by atoms with van der Waals surface area (Å²) in [5.74, 6) is 0.202. The Morgan fingerprint density at radius 1 is 1.19 bits per heavy atom. The van der Waals surface area contributed by atoms with Crippen molar-refractivity contribution in [3.63, 3.8) is 0 Å². The van der Waals surface area contributed by atoms with Gasteiger partial charge in [-0.1, -0.05) is 61.7 Å². The molecular weight excluding hydrogens is 196 g/mol. The minimum atomic E-state index is 0.202. The number of carbonyl (C=O) groups is 1. The Morgan fingerprint density at radius 2 is 1.88 bits per heavy atom. The average Bonchev–Trinajstić information content (AvgIpc) is 2.29. The van der Waals surface area contributed by atoms with E-state index in [0.717, 1.165) is 12.0 Å². The van der Waals surface area contributed by atoms with Crippen LogP contribution in [0, 0.1) is 6.92 Å². The van der Waals surface area contributed by atoms with E-state index in [0.29, 0.717) is 6.42 Å². The zero-order chi connectivity index (χ0) is 11.8. The molecule has 16 heavy (non-hydrogen) atoms. The van der Waals surface area contributed by atoms with Crippen LogP contribution in [-0.2, 0) is 0 Å². The summed E-state index contributed by atoms with van der Waals surface area (Å²) in [4.78, 5) is 11.7. The largest absolute Gasteiger partial charge is 0.294 e. The zero-order valence-corrected chi connectivity index (χ0v) is 10.2. The van der Waals surface area contributed by atoms with Gasteiger partial charge in [0.25, 0.3) is 0 Å². The van der Waals surface area contributed by atoms with Crippen LogP contribution in [0.2, 0.25) is 0 Å². The van der Waals surface area contributed by atoms with Gasteiger partial charge in [-0.15, -0.1) is 0 Å². The number of allylic oxidation sites excluding steroid dienone is 2. The molecule has 0 heterocycles. The van der Waals surface area contributed by atoms with Gasteiger partial charge in [0.2, 0.25) is 0 Å². The lowest BCUT2D eigenvalue weighted by Crippen LogP contribution is -1.96. The topological polar surface area (TPSA) is 17.1 Å². The maximum absolute atomic E-state index is 11.7. The second kappa shape index (κ2) is 7.00. The smallest absolute Gasteiger partial charge is 0.166 e. The van der Waals surface area contributed by atoms with Crippen LogP contribution in [0.3, 0.4) is 0 Å². The van der Waals surface area contributed by atoms with Crippen LogP contribution in [0.1, 0.15) is 48.5 Å². The van der Waals surface area contributed by atoms with Crippen LogP contribution >= 0.6 is 0 Å². The molecule has 1 aromatic carbocycles. The van der Waals surface area contributed by atoms with Crippen LogP contribution in [0.4, 0.5) is 0 Å². The number of aryl methyl sites for hydroxylation is 1. The van der Waals surface area contributed by atoms with Gasteiger partial charge < -0.3 is 0 Å². The molecule has 1 nitrogen and oxygen atoms in total. The van der Waals surface area contributed by atoms with Gasteiger partial charge in [-0.3, -0.25) is 4.79 Å². The van der Waals surface area contributed by atoms with E-state index in [1.165, 1.54) is 18.4 Å². The first-order valence-corrected chi connectivity index (χ1v) is 5.99. The molecule has 0 atom stereocenters. The summed E-state index contributed by atoms with van der Waals surface area (Å²) in [6.07, 6.45) is 8.10. The second-order valence-electron chi connectivity index (χ2n) is 4.11. The van der Waals surface area contributed by atoms with E-state index in [1.54, 1.807) is 0 Å². The Bertz CT molecular complexity index is 346. The first kappa shape index (κ1) is 12.7. The van der Waals surface area contributed by atoms with Crippen molar-refractivity contribution < 1.29 is 4.79 Å². The molecule has 1 aromatic rings. The first-order chi connectivity index (χ1) is 7.74. The van der Waals surface area contributed by atoms with Crippen molar-refractivity contribution >= 4 is 5.78 Å². The van der Waals surface area contributed by atoms with Crippen molar-refractivity contribution in [2.45, 2.75) is 39.5 Å². The van der Waals surface area contributed by atoms with Crippen molar-refractivity contribution in [3.8, 4) is 0 Å².